The second-order valence-electron chi connectivity index (χ2n) is 4.27. The number of hydrogen-bond acceptors (Lipinski definition) is 1. The van der Waals surface area contributed by atoms with Gasteiger partial charge in [0.25, 0.3) is 0 Å². The lowest BCUT2D eigenvalue weighted by atomic mass is 9.95. The van der Waals surface area contributed by atoms with E-state index in [1.807, 2.05) is 0 Å². The van der Waals surface area contributed by atoms with Crippen LogP contribution in [0.4, 0.5) is 8.78 Å². The molecule has 0 bridgehead atoms. The van der Waals surface area contributed by atoms with Gasteiger partial charge < -0.3 is 5.73 Å². The van der Waals surface area contributed by atoms with E-state index in [0.29, 0.717) is 15.1 Å². The third kappa shape index (κ3) is 2.96. The normalized spacial score (nSPS) is 12.5. The van der Waals surface area contributed by atoms with Gasteiger partial charge in [0.2, 0.25) is 0 Å². The van der Waals surface area contributed by atoms with Gasteiger partial charge in [-0.2, -0.15) is 0 Å². The summed E-state index contributed by atoms with van der Waals surface area (Å²) in [5.74, 6) is -0.882. The Morgan fingerprint density at radius 1 is 1.16 bits per heavy atom. The zero-order valence-corrected chi connectivity index (χ0v) is 12.4. The van der Waals surface area contributed by atoms with E-state index in [1.165, 1.54) is 24.3 Å². The SMILES string of the molecule is Cc1ccc(F)cc1C(N)c1cc(Cl)c(Br)cc1F. The summed E-state index contributed by atoms with van der Waals surface area (Å²) in [5, 5.41) is 0.362. The van der Waals surface area contributed by atoms with Crippen LogP contribution in [0.3, 0.4) is 0 Å². The predicted octanol–water partition coefficient (Wildman–Crippen LogP) is 4.74. The fourth-order valence-electron chi connectivity index (χ4n) is 1.89. The van der Waals surface area contributed by atoms with Crippen molar-refractivity contribution in [3.8, 4) is 0 Å². The summed E-state index contributed by atoms with van der Waals surface area (Å²) in [6.45, 7) is 1.80. The molecular weight excluding hydrogens is 336 g/mol. The highest BCUT2D eigenvalue weighted by Crippen LogP contribution is 2.31. The molecule has 0 saturated carbocycles. The lowest BCUT2D eigenvalue weighted by molar-refractivity contribution is 0.594. The molecule has 0 amide bonds. The minimum absolute atomic E-state index is 0.238. The molecule has 2 aromatic carbocycles. The van der Waals surface area contributed by atoms with Crippen LogP contribution in [0.25, 0.3) is 0 Å². The van der Waals surface area contributed by atoms with Crippen molar-refractivity contribution in [3.63, 3.8) is 0 Å². The van der Waals surface area contributed by atoms with E-state index < -0.39 is 17.7 Å². The van der Waals surface area contributed by atoms with E-state index >= 15 is 0 Å². The molecule has 5 heteroatoms. The van der Waals surface area contributed by atoms with E-state index in [9.17, 15) is 8.78 Å². The van der Waals surface area contributed by atoms with Crippen molar-refractivity contribution in [2.24, 2.45) is 5.73 Å². The first-order valence-electron chi connectivity index (χ1n) is 5.56. The topological polar surface area (TPSA) is 26.0 Å². The van der Waals surface area contributed by atoms with Gasteiger partial charge in [0.1, 0.15) is 11.6 Å². The van der Waals surface area contributed by atoms with Gasteiger partial charge >= 0.3 is 0 Å². The Morgan fingerprint density at radius 3 is 2.53 bits per heavy atom. The molecule has 0 spiro atoms. The van der Waals surface area contributed by atoms with Crippen LogP contribution < -0.4 is 5.73 Å². The van der Waals surface area contributed by atoms with Gasteiger partial charge in [-0.1, -0.05) is 17.7 Å². The molecule has 0 aliphatic heterocycles. The fourth-order valence-corrected chi connectivity index (χ4v) is 2.38. The van der Waals surface area contributed by atoms with E-state index in [2.05, 4.69) is 15.9 Å². The van der Waals surface area contributed by atoms with Crippen molar-refractivity contribution in [2.75, 3.05) is 0 Å². The minimum Gasteiger partial charge on any atom is -0.320 e. The molecule has 1 nitrogen and oxygen atoms in total. The molecule has 1 unspecified atom stereocenters. The Bertz CT molecular complexity index is 631. The van der Waals surface area contributed by atoms with Crippen LogP contribution >= 0.6 is 27.5 Å². The molecule has 2 aromatic rings. The molecule has 2 N–H and O–H groups in total. The van der Waals surface area contributed by atoms with E-state index in [4.69, 9.17) is 17.3 Å². The second-order valence-corrected chi connectivity index (χ2v) is 5.53. The average Bonchev–Trinajstić information content (AvgIpc) is 2.36. The summed E-state index contributed by atoms with van der Waals surface area (Å²) in [4.78, 5) is 0. The lowest BCUT2D eigenvalue weighted by Gasteiger charge is -2.17. The molecule has 0 aromatic heterocycles. The largest absolute Gasteiger partial charge is 0.320 e. The van der Waals surface area contributed by atoms with Crippen LogP contribution in [-0.4, -0.2) is 0 Å². The summed E-state index contributed by atoms with van der Waals surface area (Å²) in [6.07, 6.45) is 0. The Hall–Kier alpha value is -0.970. The zero-order chi connectivity index (χ0) is 14.2. The van der Waals surface area contributed by atoms with Crippen LogP contribution in [-0.2, 0) is 0 Å². The minimum atomic E-state index is -0.763. The summed E-state index contributed by atoms with van der Waals surface area (Å²) >= 11 is 9.08. The Morgan fingerprint density at radius 2 is 1.84 bits per heavy atom. The fraction of sp³-hybridized carbons (Fsp3) is 0.143. The van der Waals surface area contributed by atoms with E-state index in [1.54, 1.807) is 13.0 Å². The van der Waals surface area contributed by atoms with Crippen LogP contribution in [0.1, 0.15) is 22.7 Å². The van der Waals surface area contributed by atoms with Crippen molar-refractivity contribution in [3.05, 3.63) is 68.2 Å². The van der Waals surface area contributed by atoms with Gasteiger partial charge in [0.05, 0.1) is 11.1 Å². The van der Waals surface area contributed by atoms with Gasteiger partial charge in [-0.3, -0.25) is 0 Å². The summed E-state index contributed by atoms with van der Waals surface area (Å²) < 4.78 is 27.7. The van der Waals surface area contributed by atoms with Crippen molar-refractivity contribution >= 4 is 27.5 Å². The van der Waals surface area contributed by atoms with Crippen molar-refractivity contribution in [1.29, 1.82) is 0 Å². The smallest absolute Gasteiger partial charge is 0.129 e. The quantitative estimate of drug-likeness (QED) is 0.781. The zero-order valence-electron chi connectivity index (χ0n) is 10.1. The van der Waals surface area contributed by atoms with Gasteiger partial charge in [-0.25, -0.2) is 8.78 Å². The predicted molar refractivity (Wildman–Crippen MR) is 76.3 cm³/mol. The van der Waals surface area contributed by atoms with Gasteiger partial charge in [-0.05, 0) is 58.2 Å². The van der Waals surface area contributed by atoms with E-state index in [-0.39, 0.29) is 5.56 Å². The first kappa shape index (κ1) is 14.4. The molecule has 0 aliphatic carbocycles. The number of hydrogen-bond donors (Lipinski definition) is 1. The Balaban J connectivity index is 2.52. The summed E-state index contributed by atoms with van der Waals surface area (Å²) in [5.41, 5.74) is 7.60. The molecule has 0 aliphatic rings. The standard InChI is InChI=1S/C14H11BrClF2N/c1-7-2-3-8(17)4-9(7)14(19)10-5-12(16)11(15)6-13(10)18/h2-6,14H,19H2,1H3. The van der Waals surface area contributed by atoms with Crippen LogP contribution in [0.2, 0.25) is 5.02 Å². The lowest BCUT2D eigenvalue weighted by Crippen LogP contribution is -2.15. The third-order valence-corrected chi connectivity index (χ3v) is 4.15. The highest BCUT2D eigenvalue weighted by Gasteiger charge is 2.18. The Kier molecular flexibility index (Phi) is 4.23. The summed E-state index contributed by atoms with van der Waals surface area (Å²) in [6, 6.07) is 6.22. The maximum atomic E-state index is 13.9. The Labute approximate surface area is 123 Å². The molecule has 0 saturated heterocycles. The maximum Gasteiger partial charge on any atom is 0.129 e. The first-order valence-corrected chi connectivity index (χ1v) is 6.73. The van der Waals surface area contributed by atoms with Crippen molar-refractivity contribution < 1.29 is 8.78 Å². The summed E-state index contributed by atoms with van der Waals surface area (Å²) in [7, 11) is 0. The highest BCUT2D eigenvalue weighted by molar-refractivity contribution is 9.10. The van der Waals surface area contributed by atoms with E-state index in [0.717, 1.165) is 5.56 Å². The molecule has 0 heterocycles. The molecule has 1 atom stereocenters. The highest BCUT2D eigenvalue weighted by atomic mass is 79.9. The molecule has 0 fully saturated rings. The number of rotatable bonds is 2. The number of halogens is 4. The number of benzene rings is 2. The molecular formula is C14H11BrClF2N. The number of aryl methyl sites for hydroxylation is 1. The number of nitrogens with two attached hydrogens (primary N) is 1. The third-order valence-electron chi connectivity index (χ3n) is 2.95. The molecule has 100 valence electrons. The maximum absolute atomic E-state index is 13.9. The average molecular weight is 347 g/mol. The van der Waals surface area contributed by atoms with Gasteiger partial charge in [-0.15, -0.1) is 0 Å². The van der Waals surface area contributed by atoms with Gasteiger partial charge in [0.15, 0.2) is 0 Å². The van der Waals surface area contributed by atoms with Crippen LogP contribution in [0.5, 0.6) is 0 Å². The monoisotopic (exact) mass is 345 g/mol. The van der Waals surface area contributed by atoms with Crippen LogP contribution in [0.15, 0.2) is 34.8 Å². The van der Waals surface area contributed by atoms with Crippen LogP contribution in [0, 0.1) is 18.6 Å². The first-order chi connectivity index (χ1) is 8.90. The molecule has 0 radical (unpaired) electrons. The van der Waals surface area contributed by atoms with Crippen molar-refractivity contribution in [2.45, 2.75) is 13.0 Å². The van der Waals surface area contributed by atoms with Gasteiger partial charge in [0, 0.05) is 10.0 Å². The molecule has 19 heavy (non-hydrogen) atoms. The second kappa shape index (κ2) is 5.57. The van der Waals surface area contributed by atoms with Crippen molar-refractivity contribution in [1.82, 2.24) is 0 Å². The molecule has 2 rings (SSSR count).